The van der Waals surface area contributed by atoms with Crippen LogP contribution in [0, 0.1) is 0 Å². The smallest absolute Gasteiger partial charge is 0.338 e. The second kappa shape index (κ2) is 7.34. The van der Waals surface area contributed by atoms with Gasteiger partial charge in [0.15, 0.2) is 0 Å². The molecule has 0 spiro atoms. The standard InChI is InChI=1S/C13H18ClNO3/c1-4-11-7-10(8-12(14)15-11)13(16)18-6-5-17-9(2)3/h7-9H,4-6H2,1-3H3. The minimum Gasteiger partial charge on any atom is -0.460 e. The molecule has 4 nitrogen and oxygen atoms in total. The zero-order chi connectivity index (χ0) is 13.5. The molecule has 0 radical (unpaired) electrons. The first-order valence-corrected chi connectivity index (χ1v) is 6.36. The summed E-state index contributed by atoms with van der Waals surface area (Å²) in [6, 6.07) is 3.20. The van der Waals surface area contributed by atoms with Crippen molar-refractivity contribution in [1.29, 1.82) is 0 Å². The van der Waals surface area contributed by atoms with E-state index in [1.807, 2.05) is 20.8 Å². The molecule has 0 aliphatic carbocycles. The van der Waals surface area contributed by atoms with Gasteiger partial charge < -0.3 is 9.47 Å². The van der Waals surface area contributed by atoms with Crippen molar-refractivity contribution in [2.75, 3.05) is 13.2 Å². The van der Waals surface area contributed by atoms with E-state index in [1.165, 1.54) is 6.07 Å². The fraction of sp³-hybridized carbons (Fsp3) is 0.538. The predicted octanol–water partition coefficient (Wildman–Crippen LogP) is 2.88. The quantitative estimate of drug-likeness (QED) is 0.453. The van der Waals surface area contributed by atoms with Gasteiger partial charge in [-0.2, -0.15) is 0 Å². The van der Waals surface area contributed by atoms with Crippen molar-refractivity contribution in [1.82, 2.24) is 4.98 Å². The first-order valence-electron chi connectivity index (χ1n) is 5.98. The number of ether oxygens (including phenoxy) is 2. The van der Waals surface area contributed by atoms with Crippen LogP contribution in [0.25, 0.3) is 0 Å². The van der Waals surface area contributed by atoms with Gasteiger partial charge in [-0.05, 0) is 32.4 Å². The number of aryl methyl sites for hydroxylation is 1. The van der Waals surface area contributed by atoms with E-state index in [1.54, 1.807) is 6.07 Å². The molecule has 0 atom stereocenters. The highest BCUT2D eigenvalue weighted by atomic mass is 35.5. The van der Waals surface area contributed by atoms with Gasteiger partial charge in [-0.3, -0.25) is 0 Å². The van der Waals surface area contributed by atoms with Gasteiger partial charge in [0.05, 0.1) is 18.3 Å². The molecule has 1 aromatic rings. The number of halogens is 1. The summed E-state index contributed by atoms with van der Waals surface area (Å²) in [4.78, 5) is 15.8. The van der Waals surface area contributed by atoms with E-state index in [0.717, 1.165) is 12.1 Å². The number of hydrogen-bond acceptors (Lipinski definition) is 4. The van der Waals surface area contributed by atoms with Gasteiger partial charge in [-0.1, -0.05) is 18.5 Å². The third-order valence-electron chi connectivity index (χ3n) is 2.21. The van der Waals surface area contributed by atoms with Gasteiger partial charge in [-0.25, -0.2) is 9.78 Å². The highest BCUT2D eigenvalue weighted by Crippen LogP contribution is 2.12. The van der Waals surface area contributed by atoms with Gasteiger partial charge in [0.25, 0.3) is 0 Å². The van der Waals surface area contributed by atoms with E-state index in [2.05, 4.69) is 4.98 Å². The number of carbonyl (C=O) groups excluding carboxylic acids is 1. The fourth-order valence-corrected chi connectivity index (χ4v) is 1.58. The van der Waals surface area contributed by atoms with Crippen LogP contribution in [0.2, 0.25) is 5.15 Å². The molecule has 0 amide bonds. The summed E-state index contributed by atoms with van der Waals surface area (Å²) in [5.74, 6) is -0.402. The summed E-state index contributed by atoms with van der Waals surface area (Å²) < 4.78 is 10.4. The predicted molar refractivity (Wildman–Crippen MR) is 70.0 cm³/mol. The third-order valence-corrected chi connectivity index (χ3v) is 2.41. The molecule has 0 bridgehead atoms. The van der Waals surface area contributed by atoms with Crippen LogP contribution in [0.5, 0.6) is 0 Å². The molecule has 1 aromatic heterocycles. The molecule has 1 rings (SSSR count). The lowest BCUT2D eigenvalue weighted by Crippen LogP contribution is -2.14. The Labute approximate surface area is 112 Å². The zero-order valence-electron chi connectivity index (χ0n) is 10.9. The summed E-state index contributed by atoms with van der Waals surface area (Å²) in [6.45, 7) is 6.43. The van der Waals surface area contributed by atoms with Crippen LogP contribution in [-0.4, -0.2) is 30.3 Å². The molecule has 18 heavy (non-hydrogen) atoms. The Morgan fingerprint density at radius 1 is 1.39 bits per heavy atom. The van der Waals surface area contributed by atoms with Crippen LogP contribution in [0.1, 0.15) is 36.8 Å². The number of pyridine rings is 1. The lowest BCUT2D eigenvalue weighted by molar-refractivity contribution is 0.0177. The molecule has 0 unspecified atom stereocenters. The first kappa shape index (κ1) is 14.9. The van der Waals surface area contributed by atoms with Crippen molar-refractivity contribution < 1.29 is 14.3 Å². The minimum absolute atomic E-state index is 0.130. The van der Waals surface area contributed by atoms with Crippen molar-refractivity contribution in [3.8, 4) is 0 Å². The summed E-state index contributed by atoms with van der Waals surface area (Å²) in [6.07, 6.45) is 0.850. The SMILES string of the molecule is CCc1cc(C(=O)OCCOC(C)C)cc(Cl)n1. The number of hydrogen-bond donors (Lipinski definition) is 0. The molecule has 0 saturated heterocycles. The summed E-state index contributed by atoms with van der Waals surface area (Å²) in [7, 11) is 0. The van der Waals surface area contributed by atoms with Crippen LogP contribution in [0.15, 0.2) is 12.1 Å². The Kier molecular flexibility index (Phi) is 6.09. The van der Waals surface area contributed by atoms with Crippen LogP contribution in [0.4, 0.5) is 0 Å². The number of esters is 1. The zero-order valence-corrected chi connectivity index (χ0v) is 11.7. The minimum atomic E-state index is -0.402. The second-order valence-corrected chi connectivity index (χ2v) is 4.47. The van der Waals surface area contributed by atoms with Crippen LogP contribution >= 0.6 is 11.6 Å². The fourth-order valence-electron chi connectivity index (χ4n) is 1.35. The Morgan fingerprint density at radius 3 is 2.72 bits per heavy atom. The van der Waals surface area contributed by atoms with Gasteiger partial charge >= 0.3 is 5.97 Å². The van der Waals surface area contributed by atoms with Crippen molar-refractivity contribution in [2.24, 2.45) is 0 Å². The molecular formula is C13H18ClNO3. The lowest BCUT2D eigenvalue weighted by atomic mass is 10.2. The van der Waals surface area contributed by atoms with Gasteiger partial charge in [0.1, 0.15) is 11.8 Å². The molecule has 1 heterocycles. The molecule has 0 saturated carbocycles. The Bertz CT molecular complexity index is 407. The maximum Gasteiger partial charge on any atom is 0.338 e. The average Bonchev–Trinajstić information content (AvgIpc) is 2.33. The van der Waals surface area contributed by atoms with E-state index in [0.29, 0.717) is 17.3 Å². The summed E-state index contributed by atoms with van der Waals surface area (Å²) >= 11 is 5.83. The summed E-state index contributed by atoms with van der Waals surface area (Å²) in [5, 5.41) is 0.305. The number of aromatic nitrogens is 1. The van der Waals surface area contributed by atoms with Gasteiger partial charge in [0.2, 0.25) is 0 Å². The molecule has 0 aromatic carbocycles. The molecule has 0 aliphatic heterocycles. The number of rotatable bonds is 6. The van der Waals surface area contributed by atoms with Crippen molar-refractivity contribution in [3.63, 3.8) is 0 Å². The van der Waals surface area contributed by atoms with Crippen molar-refractivity contribution >= 4 is 17.6 Å². The Hall–Kier alpha value is -1.13. The van der Waals surface area contributed by atoms with E-state index in [4.69, 9.17) is 21.1 Å². The van der Waals surface area contributed by atoms with Crippen molar-refractivity contribution in [3.05, 3.63) is 28.5 Å². The second-order valence-electron chi connectivity index (χ2n) is 4.08. The van der Waals surface area contributed by atoms with E-state index >= 15 is 0 Å². The molecule has 0 aliphatic rings. The number of nitrogens with zero attached hydrogens (tertiary/aromatic N) is 1. The maximum absolute atomic E-state index is 11.7. The first-order chi connectivity index (χ1) is 8.52. The maximum atomic E-state index is 11.7. The highest BCUT2D eigenvalue weighted by molar-refractivity contribution is 6.29. The van der Waals surface area contributed by atoms with Gasteiger partial charge in [-0.15, -0.1) is 0 Å². The van der Waals surface area contributed by atoms with E-state index < -0.39 is 5.97 Å². The van der Waals surface area contributed by atoms with Crippen molar-refractivity contribution in [2.45, 2.75) is 33.3 Å². The Morgan fingerprint density at radius 2 is 2.11 bits per heavy atom. The van der Waals surface area contributed by atoms with E-state index in [-0.39, 0.29) is 12.7 Å². The molecule has 5 heteroatoms. The van der Waals surface area contributed by atoms with Crippen LogP contribution in [-0.2, 0) is 15.9 Å². The lowest BCUT2D eigenvalue weighted by Gasteiger charge is -2.09. The molecule has 100 valence electrons. The normalized spacial score (nSPS) is 10.7. The van der Waals surface area contributed by atoms with Crippen LogP contribution in [0.3, 0.4) is 0 Å². The molecule has 0 fully saturated rings. The average molecular weight is 272 g/mol. The number of carbonyl (C=O) groups is 1. The monoisotopic (exact) mass is 271 g/mol. The highest BCUT2D eigenvalue weighted by Gasteiger charge is 2.10. The third kappa shape index (κ3) is 5.02. The largest absolute Gasteiger partial charge is 0.460 e. The van der Waals surface area contributed by atoms with Gasteiger partial charge in [0, 0.05) is 5.69 Å². The van der Waals surface area contributed by atoms with Crippen LogP contribution < -0.4 is 0 Å². The van der Waals surface area contributed by atoms with E-state index in [9.17, 15) is 4.79 Å². The molecular weight excluding hydrogens is 254 g/mol. The topological polar surface area (TPSA) is 48.4 Å². The summed E-state index contributed by atoms with van der Waals surface area (Å²) in [5.41, 5.74) is 1.20. The molecule has 0 N–H and O–H groups in total. The Balaban J connectivity index is 2.53.